The van der Waals surface area contributed by atoms with Gasteiger partial charge in [0.05, 0.1) is 10.3 Å². The summed E-state index contributed by atoms with van der Waals surface area (Å²) in [7, 11) is -3.50. The molecule has 0 amide bonds. The summed E-state index contributed by atoms with van der Waals surface area (Å²) in [6.07, 6.45) is 6.29. The van der Waals surface area contributed by atoms with Crippen molar-refractivity contribution in [3.8, 4) is 0 Å². The van der Waals surface area contributed by atoms with Gasteiger partial charge in [-0.1, -0.05) is 18.2 Å². The van der Waals surface area contributed by atoms with E-state index >= 15 is 0 Å². The van der Waals surface area contributed by atoms with Gasteiger partial charge in [0.1, 0.15) is 0 Å². The summed E-state index contributed by atoms with van der Waals surface area (Å²) < 4.78 is 21.2. The van der Waals surface area contributed by atoms with Gasteiger partial charge in [-0.2, -0.15) is 0 Å². The van der Waals surface area contributed by atoms with Crippen LogP contribution in [0, 0.1) is 11.3 Å². The van der Waals surface area contributed by atoms with E-state index in [-0.39, 0.29) is 10.3 Å². The summed E-state index contributed by atoms with van der Waals surface area (Å²) in [4.78, 5) is 11.1. The first-order chi connectivity index (χ1) is 9.83. The number of fused-ring (bicyclic) bond motifs is 3. The maximum atomic E-state index is 10.9. The minimum Gasteiger partial charge on any atom is -0.481 e. The maximum Gasteiger partial charge on any atom is 0.309 e. The van der Waals surface area contributed by atoms with Gasteiger partial charge >= 0.3 is 5.97 Å². The zero-order chi connectivity index (χ0) is 15.5. The molecule has 3 aliphatic carbocycles. The molecule has 4 rings (SSSR count). The normalized spacial score (nSPS) is 27.6. The van der Waals surface area contributed by atoms with E-state index in [2.05, 4.69) is 0 Å². The van der Waals surface area contributed by atoms with Gasteiger partial charge in [-0.25, -0.2) is 13.6 Å². The van der Waals surface area contributed by atoms with E-state index in [1.807, 2.05) is 0 Å². The van der Waals surface area contributed by atoms with E-state index in [4.69, 9.17) is 10.2 Å². The summed E-state index contributed by atoms with van der Waals surface area (Å²) in [5.41, 5.74) is -0.297. The molecule has 1 aromatic carbocycles. The Morgan fingerprint density at radius 1 is 1.10 bits per heavy atom. The lowest BCUT2D eigenvalue weighted by atomic mass is 9.61. The van der Waals surface area contributed by atoms with Crippen LogP contribution in [0.25, 0.3) is 0 Å². The van der Waals surface area contributed by atoms with E-state index in [9.17, 15) is 13.2 Å². The molecular formula is C15H21NO4S. The van der Waals surface area contributed by atoms with Crippen molar-refractivity contribution in [3.05, 3.63) is 30.3 Å². The van der Waals surface area contributed by atoms with Gasteiger partial charge in [0.25, 0.3) is 0 Å². The highest BCUT2D eigenvalue weighted by atomic mass is 32.2. The standard InChI is InChI=1S/C9H14O2.C6H7NO2S/c10-8(11)9-4-1-7(2-5-9)3-6-9;7-10(8,9)6-4-2-1-3-5-6/h7H,1-6H2,(H,10,11);1-5H,(H2,7,8,9). The quantitative estimate of drug-likeness (QED) is 0.876. The van der Waals surface area contributed by atoms with Crippen LogP contribution in [-0.4, -0.2) is 19.5 Å². The van der Waals surface area contributed by atoms with Crippen molar-refractivity contribution in [3.63, 3.8) is 0 Å². The molecule has 3 aliphatic rings. The van der Waals surface area contributed by atoms with Crippen molar-refractivity contribution in [2.45, 2.75) is 43.4 Å². The summed E-state index contributed by atoms with van der Waals surface area (Å²) in [5, 5.41) is 13.8. The van der Waals surface area contributed by atoms with Crippen LogP contribution in [0.2, 0.25) is 0 Å². The molecular weight excluding hydrogens is 290 g/mol. The summed E-state index contributed by atoms with van der Waals surface area (Å²) in [5.74, 6) is 0.312. The Labute approximate surface area is 125 Å². The minimum atomic E-state index is -3.50. The number of primary sulfonamides is 1. The van der Waals surface area contributed by atoms with Crippen LogP contribution in [0.1, 0.15) is 38.5 Å². The second-order valence-electron chi connectivity index (χ2n) is 5.93. The molecule has 0 aliphatic heterocycles. The van der Waals surface area contributed by atoms with Gasteiger partial charge in [-0.3, -0.25) is 4.79 Å². The Balaban J connectivity index is 0.000000155. The van der Waals surface area contributed by atoms with Gasteiger partial charge in [0.15, 0.2) is 0 Å². The largest absolute Gasteiger partial charge is 0.481 e. The number of sulfonamides is 1. The molecule has 3 fully saturated rings. The fourth-order valence-corrected chi connectivity index (χ4v) is 3.72. The molecule has 0 saturated heterocycles. The summed E-state index contributed by atoms with van der Waals surface area (Å²) >= 11 is 0. The van der Waals surface area contributed by atoms with Gasteiger partial charge in [0.2, 0.25) is 10.0 Å². The molecule has 0 unspecified atom stereocenters. The Morgan fingerprint density at radius 3 is 1.86 bits per heavy atom. The molecule has 0 spiro atoms. The van der Waals surface area contributed by atoms with Crippen LogP contribution in [0.5, 0.6) is 0 Å². The molecule has 0 aromatic heterocycles. The van der Waals surface area contributed by atoms with Crippen LogP contribution < -0.4 is 5.14 Å². The van der Waals surface area contributed by atoms with E-state index in [0.29, 0.717) is 0 Å². The predicted octanol–water partition coefficient (Wildman–Crippen LogP) is 2.38. The lowest BCUT2D eigenvalue weighted by Gasteiger charge is -2.43. The van der Waals surface area contributed by atoms with Gasteiger partial charge in [0, 0.05) is 0 Å². The van der Waals surface area contributed by atoms with Crippen LogP contribution in [-0.2, 0) is 14.8 Å². The maximum absolute atomic E-state index is 10.9. The second-order valence-corrected chi connectivity index (χ2v) is 7.49. The van der Waals surface area contributed by atoms with Crippen LogP contribution in [0.3, 0.4) is 0 Å². The average molecular weight is 311 g/mol. The molecule has 0 radical (unpaired) electrons. The molecule has 2 bridgehead atoms. The average Bonchev–Trinajstić information content (AvgIpc) is 2.50. The van der Waals surface area contributed by atoms with E-state index in [0.717, 1.165) is 44.4 Å². The minimum absolute atomic E-state index is 0.148. The molecule has 1 aromatic rings. The smallest absolute Gasteiger partial charge is 0.309 e. The van der Waals surface area contributed by atoms with Crippen molar-refractivity contribution in [2.24, 2.45) is 16.5 Å². The zero-order valence-corrected chi connectivity index (χ0v) is 12.7. The molecule has 21 heavy (non-hydrogen) atoms. The number of benzene rings is 1. The van der Waals surface area contributed by atoms with E-state index < -0.39 is 16.0 Å². The van der Waals surface area contributed by atoms with Crippen LogP contribution in [0.15, 0.2) is 35.2 Å². The Hall–Kier alpha value is -1.40. The fourth-order valence-electron chi connectivity index (χ4n) is 3.18. The number of carbonyl (C=O) groups is 1. The van der Waals surface area contributed by atoms with Crippen molar-refractivity contribution in [1.82, 2.24) is 0 Å². The van der Waals surface area contributed by atoms with Crippen LogP contribution >= 0.6 is 0 Å². The molecule has 3 saturated carbocycles. The monoisotopic (exact) mass is 311 g/mol. The second kappa shape index (κ2) is 6.15. The lowest BCUT2D eigenvalue weighted by Crippen LogP contribution is -2.40. The number of aliphatic carboxylic acids is 1. The lowest BCUT2D eigenvalue weighted by molar-refractivity contribution is -0.155. The zero-order valence-electron chi connectivity index (χ0n) is 11.9. The third-order valence-electron chi connectivity index (χ3n) is 4.62. The number of hydrogen-bond acceptors (Lipinski definition) is 3. The van der Waals surface area contributed by atoms with Crippen molar-refractivity contribution in [1.29, 1.82) is 0 Å². The first kappa shape index (κ1) is 16.0. The fraction of sp³-hybridized carbons (Fsp3) is 0.533. The summed E-state index contributed by atoms with van der Waals surface area (Å²) in [6.45, 7) is 0. The molecule has 5 nitrogen and oxygen atoms in total. The Bertz CT molecular complexity index is 576. The van der Waals surface area contributed by atoms with Crippen molar-refractivity contribution >= 4 is 16.0 Å². The number of carboxylic acids is 1. The summed E-state index contributed by atoms with van der Waals surface area (Å²) in [6, 6.07) is 7.89. The third-order valence-corrected chi connectivity index (χ3v) is 5.55. The van der Waals surface area contributed by atoms with Gasteiger partial charge in [-0.15, -0.1) is 0 Å². The predicted molar refractivity (Wildman–Crippen MR) is 79.1 cm³/mol. The highest BCUT2D eigenvalue weighted by molar-refractivity contribution is 7.89. The number of hydrogen-bond donors (Lipinski definition) is 2. The van der Waals surface area contributed by atoms with Crippen molar-refractivity contribution < 1.29 is 18.3 Å². The van der Waals surface area contributed by atoms with Gasteiger partial charge in [-0.05, 0) is 56.6 Å². The first-order valence-corrected chi connectivity index (χ1v) is 8.69. The van der Waals surface area contributed by atoms with Crippen molar-refractivity contribution in [2.75, 3.05) is 0 Å². The third kappa shape index (κ3) is 3.83. The number of carboxylic acid groups (broad SMARTS) is 1. The number of rotatable bonds is 2. The first-order valence-electron chi connectivity index (χ1n) is 7.15. The SMILES string of the molecule is NS(=O)(=O)c1ccccc1.O=C(O)C12CCC(CC1)CC2. The molecule has 3 N–H and O–H groups in total. The topological polar surface area (TPSA) is 97.5 Å². The Morgan fingerprint density at radius 2 is 1.57 bits per heavy atom. The van der Waals surface area contributed by atoms with E-state index in [1.165, 1.54) is 12.1 Å². The molecule has 116 valence electrons. The van der Waals surface area contributed by atoms with E-state index in [1.54, 1.807) is 18.2 Å². The van der Waals surface area contributed by atoms with Gasteiger partial charge < -0.3 is 5.11 Å². The molecule has 0 heterocycles. The molecule has 0 atom stereocenters. The van der Waals surface area contributed by atoms with Crippen LogP contribution in [0.4, 0.5) is 0 Å². The highest BCUT2D eigenvalue weighted by Crippen LogP contribution is 2.50. The Kier molecular flexibility index (Phi) is 4.68. The highest BCUT2D eigenvalue weighted by Gasteiger charge is 2.45. The molecule has 6 heteroatoms. The number of nitrogens with two attached hydrogens (primary N) is 1.